The zero-order valence-electron chi connectivity index (χ0n) is 12.9. The molecule has 3 aliphatic rings. The number of piperidine rings is 1. The van der Waals surface area contributed by atoms with Crippen molar-refractivity contribution in [3.05, 3.63) is 0 Å². The molecule has 0 radical (unpaired) electrons. The van der Waals surface area contributed by atoms with Gasteiger partial charge in [-0.2, -0.15) is 0 Å². The van der Waals surface area contributed by atoms with Crippen LogP contribution in [0.15, 0.2) is 0 Å². The highest BCUT2D eigenvalue weighted by atomic mass is 32.2. The molecule has 3 saturated heterocycles. The SMILES string of the molecule is CCN1CC2(CCN(S(C)(=O)=O)CC2)C2(CCNC2=O)C1. The maximum Gasteiger partial charge on any atom is 0.228 e. The van der Waals surface area contributed by atoms with E-state index in [4.69, 9.17) is 0 Å². The number of hydrogen-bond acceptors (Lipinski definition) is 4. The average Bonchev–Trinajstić information content (AvgIpc) is 2.94. The van der Waals surface area contributed by atoms with Crippen LogP contribution in [0.1, 0.15) is 26.2 Å². The zero-order valence-corrected chi connectivity index (χ0v) is 13.7. The van der Waals surface area contributed by atoms with E-state index in [2.05, 4.69) is 17.1 Å². The molecular formula is C14H25N3O3S. The van der Waals surface area contributed by atoms with Gasteiger partial charge in [0.2, 0.25) is 15.9 Å². The number of fused-ring (bicyclic) bond motifs is 1. The quantitative estimate of drug-likeness (QED) is 0.771. The lowest BCUT2D eigenvalue weighted by Gasteiger charge is -2.46. The number of carbonyl (C=O) groups is 1. The Balaban J connectivity index is 1.88. The Labute approximate surface area is 126 Å². The number of likely N-dealkylation sites (tertiary alicyclic amines) is 1. The third-order valence-corrected chi connectivity index (χ3v) is 7.21. The number of nitrogens with zero attached hydrogens (tertiary/aromatic N) is 2. The third-order valence-electron chi connectivity index (χ3n) is 5.90. The van der Waals surface area contributed by atoms with Crippen LogP contribution in [0.4, 0.5) is 0 Å². The molecular weight excluding hydrogens is 290 g/mol. The summed E-state index contributed by atoms with van der Waals surface area (Å²) in [5, 5.41) is 3.01. The first-order valence-corrected chi connectivity index (χ1v) is 9.64. The molecule has 2 spiro atoms. The first-order valence-electron chi connectivity index (χ1n) is 7.79. The van der Waals surface area contributed by atoms with E-state index in [9.17, 15) is 13.2 Å². The van der Waals surface area contributed by atoms with Crippen molar-refractivity contribution in [1.29, 1.82) is 0 Å². The molecule has 7 heteroatoms. The van der Waals surface area contributed by atoms with Crippen molar-refractivity contribution >= 4 is 15.9 Å². The van der Waals surface area contributed by atoms with Gasteiger partial charge in [-0.1, -0.05) is 6.92 Å². The van der Waals surface area contributed by atoms with Crippen LogP contribution in [-0.4, -0.2) is 69.1 Å². The molecule has 3 fully saturated rings. The second kappa shape index (κ2) is 4.93. The molecule has 0 aliphatic carbocycles. The molecule has 1 N–H and O–H groups in total. The molecule has 1 unspecified atom stereocenters. The number of sulfonamides is 1. The van der Waals surface area contributed by atoms with Crippen LogP contribution in [0.25, 0.3) is 0 Å². The van der Waals surface area contributed by atoms with E-state index in [0.717, 1.165) is 45.4 Å². The lowest BCUT2D eigenvalue weighted by atomic mass is 9.60. The van der Waals surface area contributed by atoms with Crippen molar-refractivity contribution in [2.24, 2.45) is 10.8 Å². The van der Waals surface area contributed by atoms with Crippen molar-refractivity contribution in [1.82, 2.24) is 14.5 Å². The first kappa shape index (κ1) is 15.2. The van der Waals surface area contributed by atoms with Gasteiger partial charge in [0, 0.05) is 38.1 Å². The minimum absolute atomic E-state index is 0.0508. The summed E-state index contributed by atoms with van der Waals surface area (Å²) in [4.78, 5) is 14.9. The van der Waals surface area contributed by atoms with Crippen LogP contribution in [0, 0.1) is 10.8 Å². The lowest BCUT2D eigenvalue weighted by Crippen LogP contribution is -2.53. The van der Waals surface area contributed by atoms with Crippen LogP contribution in [-0.2, 0) is 14.8 Å². The van der Waals surface area contributed by atoms with E-state index in [1.165, 1.54) is 6.26 Å². The molecule has 0 saturated carbocycles. The third kappa shape index (κ3) is 2.21. The Bertz CT molecular complexity index is 540. The molecule has 1 amide bonds. The van der Waals surface area contributed by atoms with Crippen molar-refractivity contribution in [2.75, 3.05) is 45.5 Å². The first-order chi connectivity index (χ1) is 9.83. The second-order valence-electron chi connectivity index (χ2n) is 6.83. The fourth-order valence-electron chi connectivity index (χ4n) is 4.62. The Kier molecular flexibility index (Phi) is 3.58. The highest BCUT2D eigenvalue weighted by molar-refractivity contribution is 7.88. The molecule has 3 heterocycles. The Morgan fingerprint density at radius 2 is 1.86 bits per heavy atom. The van der Waals surface area contributed by atoms with E-state index < -0.39 is 10.0 Å². The fraction of sp³-hybridized carbons (Fsp3) is 0.929. The standard InChI is InChI=1S/C14H25N3O3S/c1-3-16-10-13(14(11-16)4-7-15-12(14)18)5-8-17(9-6-13)21(2,19)20/h3-11H2,1-2H3,(H,15,18). The highest BCUT2D eigenvalue weighted by Gasteiger charge is 2.63. The van der Waals surface area contributed by atoms with Gasteiger partial charge in [-0.05, 0) is 25.8 Å². The summed E-state index contributed by atoms with van der Waals surface area (Å²) in [7, 11) is -3.12. The number of amides is 1. The zero-order chi connectivity index (χ0) is 15.3. The van der Waals surface area contributed by atoms with E-state index in [1.54, 1.807) is 4.31 Å². The number of carbonyl (C=O) groups excluding carboxylic acids is 1. The number of rotatable bonds is 2. The smallest absolute Gasteiger partial charge is 0.228 e. The van der Waals surface area contributed by atoms with Gasteiger partial charge in [-0.25, -0.2) is 12.7 Å². The minimum atomic E-state index is -3.12. The second-order valence-corrected chi connectivity index (χ2v) is 8.82. The van der Waals surface area contributed by atoms with Gasteiger partial charge in [-0.3, -0.25) is 4.79 Å². The fourth-order valence-corrected chi connectivity index (χ4v) is 5.47. The summed E-state index contributed by atoms with van der Waals surface area (Å²) >= 11 is 0. The van der Waals surface area contributed by atoms with Gasteiger partial charge >= 0.3 is 0 Å². The van der Waals surface area contributed by atoms with Gasteiger partial charge in [0.25, 0.3) is 0 Å². The maximum absolute atomic E-state index is 12.5. The van der Waals surface area contributed by atoms with Gasteiger partial charge in [0.15, 0.2) is 0 Å². The van der Waals surface area contributed by atoms with E-state index >= 15 is 0 Å². The van der Waals surface area contributed by atoms with Gasteiger partial charge in [0.05, 0.1) is 11.7 Å². The van der Waals surface area contributed by atoms with E-state index in [0.29, 0.717) is 13.1 Å². The summed E-state index contributed by atoms with van der Waals surface area (Å²) < 4.78 is 25.0. The number of hydrogen-bond donors (Lipinski definition) is 1. The van der Waals surface area contributed by atoms with Gasteiger partial charge < -0.3 is 10.2 Å². The normalized spacial score (nSPS) is 33.9. The summed E-state index contributed by atoms with van der Waals surface area (Å²) in [6.45, 7) is 6.69. The van der Waals surface area contributed by atoms with Crippen molar-refractivity contribution < 1.29 is 13.2 Å². The maximum atomic E-state index is 12.5. The lowest BCUT2D eigenvalue weighted by molar-refractivity contribution is -0.133. The molecule has 0 aromatic heterocycles. The van der Waals surface area contributed by atoms with Crippen LogP contribution < -0.4 is 5.32 Å². The summed E-state index contributed by atoms with van der Waals surface area (Å²) in [5.74, 6) is 0.186. The molecule has 3 rings (SSSR count). The van der Waals surface area contributed by atoms with E-state index in [-0.39, 0.29) is 16.7 Å². The van der Waals surface area contributed by atoms with Gasteiger partial charge in [-0.15, -0.1) is 0 Å². The molecule has 1 atom stereocenters. The van der Waals surface area contributed by atoms with Crippen molar-refractivity contribution in [3.63, 3.8) is 0 Å². The topological polar surface area (TPSA) is 69.7 Å². The molecule has 6 nitrogen and oxygen atoms in total. The van der Waals surface area contributed by atoms with Crippen molar-refractivity contribution in [3.8, 4) is 0 Å². The predicted octanol–water partition coefficient (Wildman–Crippen LogP) is -0.130. The molecule has 21 heavy (non-hydrogen) atoms. The Morgan fingerprint density at radius 1 is 1.19 bits per heavy atom. The average molecular weight is 315 g/mol. The van der Waals surface area contributed by atoms with Gasteiger partial charge in [0.1, 0.15) is 0 Å². The summed E-state index contributed by atoms with van der Waals surface area (Å²) in [5.41, 5.74) is -0.350. The number of nitrogens with one attached hydrogen (secondary N) is 1. The van der Waals surface area contributed by atoms with Crippen LogP contribution in [0.2, 0.25) is 0 Å². The van der Waals surface area contributed by atoms with Crippen molar-refractivity contribution in [2.45, 2.75) is 26.2 Å². The summed E-state index contributed by atoms with van der Waals surface area (Å²) in [6, 6.07) is 0. The molecule has 0 bridgehead atoms. The molecule has 120 valence electrons. The predicted molar refractivity (Wildman–Crippen MR) is 80.3 cm³/mol. The van der Waals surface area contributed by atoms with Crippen LogP contribution in [0.5, 0.6) is 0 Å². The van der Waals surface area contributed by atoms with Crippen LogP contribution >= 0.6 is 0 Å². The minimum Gasteiger partial charge on any atom is -0.356 e. The highest BCUT2D eigenvalue weighted by Crippen LogP contribution is 2.56. The summed E-state index contributed by atoms with van der Waals surface area (Å²) in [6.07, 6.45) is 3.76. The molecule has 0 aromatic rings. The Morgan fingerprint density at radius 3 is 2.33 bits per heavy atom. The van der Waals surface area contributed by atoms with E-state index in [1.807, 2.05) is 0 Å². The largest absolute Gasteiger partial charge is 0.356 e. The molecule has 3 aliphatic heterocycles. The Hall–Kier alpha value is -0.660. The monoisotopic (exact) mass is 315 g/mol. The van der Waals surface area contributed by atoms with Crippen LogP contribution in [0.3, 0.4) is 0 Å². The molecule has 0 aromatic carbocycles.